The Morgan fingerprint density at radius 3 is 1.50 bits per heavy atom. The second-order valence-electron chi connectivity index (χ2n) is 0.448. The third kappa shape index (κ3) is 107. The summed E-state index contributed by atoms with van der Waals surface area (Å²) in [6.45, 7) is 0. The van der Waals surface area contributed by atoms with Gasteiger partial charge in [0.2, 0.25) is 0 Å². The van der Waals surface area contributed by atoms with Gasteiger partial charge in [0.25, 0.3) is 9.05 Å². The molecule has 0 heterocycles. The Balaban J connectivity index is 0. The molecular formula is H2CuO3S2. The molecule has 0 aromatic heterocycles. The van der Waals surface area contributed by atoms with E-state index in [-0.39, 0.29) is 17.1 Å². The van der Waals surface area contributed by atoms with Crippen LogP contribution in [0.3, 0.4) is 0 Å². The van der Waals surface area contributed by atoms with Crippen molar-refractivity contribution >= 4 is 20.2 Å². The first-order valence-corrected chi connectivity index (χ1v) is 3.10. The fourth-order valence-electron chi connectivity index (χ4n) is 0. The molecule has 0 bridgehead atoms. The molecule has 2 N–H and O–H groups in total. The first kappa shape index (κ1) is 9.94. The van der Waals surface area contributed by atoms with Gasteiger partial charge in [-0.05, 0) is 0 Å². The summed E-state index contributed by atoms with van der Waals surface area (Å²) in [6, 6.07) is 0. The second kappa shape index (κ2) is 2.90. The average molecular weight is 178 g/mol. The normalized spacial score (nSPS) is 9.67. The fourth-order valence-corrected chi connectivity index (χ4v) is 0. The predicted octanol–water partition coefficient (Wildman–Crippen LogP) is -0.324. The molecule has 0 spiro atoms. The van der Waals surface area contributed by atoms with Gasteiger partial charge in [-0.15, -0.1) is 0 Å². The second-order valence-corrected chi connectivity index (χ2v) is 2.65. The third-order valence-electron chi connectivity index (χ3n) is 0. The Labute approximate surface area is 50.9 Å². The third-order valence-corrected chi connectivity index (χ3v) is 0. The zero-order valence-electron chi connectivity index (χ0n) is 2.42. The van der Waals surface area contributed by atoms with Crippen LogP contribution in [0.15, 0.2) is 0 Å². The topological polar surface area (TPSA) is 57.5 Å². The molecule has 0 aliphatic carbocycles. The van der Waals surface area contributed by atoms with Gasteiger partial charge in [0.15, 0.2) is 0 Å². The monoisotopic (exact) mass is 177 g/mol. The van der Waals surface area contributed by atoms with Crippen LogP contribution >= 0.6 is 0 Å². The van der Waals surface area contributed by atoms with E-state index in [9.17, 15) is 0 Å². The summed E-state index contributed by atoms with van der Waals surface area (Å²) in [4.78, 5) is 0. The zero-order valence-corrected chi connectivity index (χ0v) is 5.00. The van der Waals surface area contributed by atoms with Crippen molar-refractivity contribution in [2.45, 2.75) is 0 Å². The Bertz CT molecular complexity index is 92.0. The minimum absolute atomic E-state index is 0. The summed E-state index contributed by atoms with van der Waals surface area (Å²) in [7, 11) is -3.83. The van der Waals surface area contributed by atoms with Gasteiger partial charge in [-0.1, -0.05) is 0 Å². The summed E-state index contributed by atoms with van der Waals surface area (Å²) >= 11 is 3.47. The molecule has 43 valence electrons. The van der Waals surface area contributed by atoms with E-state index < -0.39 is 9.05 Å². The standard InChI is InChI=1S/Cu.H2O3S2/c;1-5(2,3)4/h;(H2,1,2,3,4). The Hall–Kier alpha value is 0.809. The number of hydrogen-bond acceptors (Lipinski definition) is 2. The molecule has 0 unspecified atom stereocenters. The van der Waals surface area contributed by atoms with Crippen LogP contribution in [-0.4, -0.2) is 13.3 Å². The van der Waals surface area contributed by atoms with E-state index in [0.29, 0.717) is 0 Å². The maximum absolute atomic E-state index is 9.11. The van der Waals surface area contributed by atoms with Gasteiger partial charge in [-0.25, -0.2) is 0 Å². The molecule has 0 saturated heterocycles. The van der Waals surface area contributed by atoms with Crippen molar-refractivity contribution < 1.29 is 30.4 Å². The molecule has 0 aliphatic rings. The first-order valence-electron chi connectivity index (χ1n) is 0.698. The van der Waals surface area contributed by atoms with Gasteiger partial charge >= 0.3 is 0 Å². The minimum atomic E-state index is -3.83. The predicted molar refractivity (Wildman–Crippen MR) is 20.8 cm³/mol. The molecule has 6 heavy (non-hydrogen) atoms. The van der Waals surface area contributed by atoms with Crippen LogP contribution in [0.2, 0.25) is 0 Å². The van der Waals surface area contributed by atoms with Crippen LogP contribution in [0.4, 0.5) is 0 Å². The van der Waals surface area contributed by atoms with Crippen molar-refractivity contribution in [1.29, 1.82) is 0 Å². The van der Waals surface area contributed by atoms with E-state index in [0.717, 1.165) is 0 Å². The summed E-state index contributed by atoms with van der Waals surface area (Å²) in [6.07, 6.45) is 0. The number of hydrogen-bond donors (Lipinski definition) is 2. The van der Waals surface area contributed by atoms with Gasteiger partial charge in [-0.3, -0.25) is 9.11 Å². The van der Waals surface area contributed by atoms with Gasteiger partial charge in [-0.2, -0.15) is 4.21 Å². The van der Waals surface area contributed by atoms with E-state index >= 15 is 0 Å². The summed E-state index contributed by atoms with van der Waals surface area (Å²) in [5.74, 6) is 0. The number of rotatable bonds is 0. The van der Waals surface area contributed by atoms with Crippen molar-refractivity contribution in [2.24, 2.45) is 0 Å². The van der Waals surface area contributed by atoms with Crippen LogP contribution in [0, 0.1) is 0 Å². The quantitative estimate of drug-likeness (QED) is 0.498. The van der Waals surface area contributed by atoms with E-state index in [1.165, 1.54) is 0 Å². The smallest absolute Gasteiger partial charge is 0.263 e. The van der Waals surface area contributed by atoms with Gasteiger partial charge in [0.1, 0.15) is 0 Å². The summed E-state index contributed by atoms with van der Waals surface area (Å²) < 4.78 is 24.0. The maximum atomic E-state index is 9.11. The van der Waals surface area contributed by atoms with Crippen molar-refractivity contribution in [1.82, 2.24) is 0 Å². The molecule has 0 amide bonds. The van der Waals surface area contributed by atoms with Crippen LogP contribution in [0.5, 0.6) is 0 Å². The molecule has 0 fully saturated rings. The van der Waals surface area contributed by atoms with Crippen molar-refractivity contribution in [2.75, 3.05) is 0 Å². The minimum Gasteiger partial charge on any atom is -0.285 e. The van der Waals surface area contributed by atoms with Crippen molar-refractivity contribution in [3.8, 4) is 0 Å². The van der Waals surface area contributed by atoms with Gasteiger partial charge in [0, 0.05) is 28.3 Å². The molecule has 1 radical (unpaired) electrons. The molecule has 6 heteroatoms. The van der Waals surface area contributed by atoms with Crippen LogP contribution in [-0.2, 0) is 37.3 Å². The Kier molecular flexibility index (Phi) is 4.80. The molecule has 0 atom stereocenters. The molecule has 3 nitrogen and oxygen atoms in total. The molecular weight excluding hydrogens is 176 g/mol. The van der Waals surface area contributed by atoms with E-state index in [1.807, 2.05) is 0 Å². The van der Waals surface area contributed by atoms with E-state index in [2.05, 4.69) is 11.2 Å². The Morgan fingerprint density at radius 2 is 1.50 bits per heavy atom. The molecule has 0 aliphatic heterocycles. The average Bonchev–Trinajstić information content (AvgIpc) is 0.722. The Morgan fingerprint density at radius 1 is 1.50 bits per heavy atom. The van der Waals surface area contributed by atoms with Crippen LogP contribution in [0.1, 0.15) is 0 Å². The summed E-state index contributed by atoms with van der Waals surface area (Å²) in [5, 5.41) is 0. The molecule has 0 rings (SSSR count). The fraction of sp³-hybridized carbons (Fsp3) is 0. The molecule has 0 aromatic rings. The zero-order chi connectivity index (χ0) is 4.50. The van der Waals surface area contributed by atoms with Gasteiger partial charge < -0.3 is 0 Å². The maximum Gasteiger partial charge on any atom is 0.263 e. The van der Waals surface area contributed by atoms with E-state index in [1.54, 1.807) is 0 Å². The van der Waals surface area contributed by atoms with E-state index in [4.69, 9.17) is 13.3 Å². The van der Waals surface area contributed by atoms with Crippen molar-refractivity contribution in [3.05, 3.63) is 0 Å². The first-order chi connectivity index (χ1) is 2.00. The molecule has 0 aromatic carbocycles. The largest absolute Gasteiger partial charge is 0.285 e. The molecule has 0 saturated carbocycles. The van der Waals surface area contributed by atoms with Crippen molar-refractivity contribution in [3.63, 3.8) is 0 Å². The van der Waals surface area contributed by atoms with Crippen LogP contribution in [0.25, 0.3) is 0 Å². The van der Waals surface area contributed by atoms with Gasteiger partial charge in [0.05, 0.1) is 0 Å². The van der Waals surface area contributed by atoms with Crippen LogP contribution < -0.4 is 0 Å². The summed E-state index contributed by atoms with van der Waals surface area (Å²) in [5.41, 5.74) is 0. The SMILES string of the molecule is O=S(O)(O)=S.[Cu].